The van der Waals surface area contributed by atoms with Crippen LogP contribution in [0, 0.1) is 0 Å². The molecule has 0 heteroatoms. The Hall–Kier alpha value is -5.98. The van der Waals surface area contributed by atoms with Crippen molar-refractivity contribution in [2.24, 2.45) is 0 Å². The van der Waals surface area contributed by atoms with Gasteiger partial charge in [-0.3, -0.25) is 0 Å². The monoisotopic (exact) mass is 702 g/mol. The molecule has 0 bridgehead atoms. The molecule has 0 atom stereocenters. The Morgan fingerprint density at radius 1 is 0.291 bits per heavy atom. The summed E-state index contributed by atoms with van der Waals surface area (Å²) in [5.41, 5.74) is 21.8. The topological polar surface area (TPSA) is 0 Å². The van der Waals surface area contributed by atoms with Gasteiger partial charge in [0.2, 0.25) is 0 Å². The van der Waals surface area contributed by atoms with Gasteiger partial charge < -0.3 is 0 Å². The molecule has 0 N–H and O–H groups in total. The van der Waals surface area contributed by atoms with Crippen LogP contribution in [0.3, 0.4) is 0 Å². The summed E-state index contributed by atoms with van der Waals surface area (Å²) in [6.45, 7) is 14.3. The van der Waals surface area contributed by atoms with Gasteiger partial charge in [0.05, 0.1) is 0 Å². The number of hydrogen-bond acceptors (Lipinski definition) is 0. The zero-order valence-corrected chi connectivity index (χ0v) is 32.4. The lowest BCUT2D eigenvalue weighted by molar-refractivity contribution is 0.660. The highest BCUT2D eigenvalue weighted by Gasteiger charge is 2.39. The van der Waals surface area contributed by atoms with Crippen molar-refractivity contribution in [2.75, 3.05) is 0 Å². The molecule has 0 amide bonds. The Morgan fingerprint density at radius 3 is 1.49 bits per heavy atom. The third kappa shape index (κ3) is 3.87. The van der Waals surface area contributed by atoms with Crippen molar-refractivity contribution in [3.05, 3.63) is 179 Å². The van der Waals surface area contributed by atoms with Crippen LogP contribution >= 0.6 is 0 Å². The number of benzene rings is 9. The molecule has 0 fully saturated rings. The van der Waals surface area contributed by atoms with Crippen LogP contribution in [0.4, 0.5) is 0 Å². The predicted molar refractivity (Wildman–Crippen MR) is 234 cm³/mol. The van der Waals surface area contributed by atoms with E-state index in [-0.39, 0.29) is 16.2 Å². The summed E-state index contributed by atoms with van der Waals surface area (Å²) in [4.78, 5) is 0. The maximum Gasteiger partial charge on any atom is 0.0159 e. The average molecular weight is 703 g/mol. The fraction of sp³-hybridized carbons (Fsp3) is 0.164. The van der Waals surface area contributed by atoms with Gasteiger partial charge >= 0.3 is 0 Å². The van der Waals surface area contributed by atoms with E-state index in [2.05, 4.69) is 187 Å². The molecule has 9 aromatic carbocycles. The van der Waals surface area contributed by atoms with Gasteiger partial charge in [0.25, 0.3) is 0 Å². The Balaban J connectivity index is 1.02. The first-order valence-corrected chi connectivity index (χ1v) is 19.9. The molecule has 0 radical (unpaired) electrons. The van der Waals surface area contributed by atoms with E-state index in [0.717, 1.165) is 0 Å². The molecular weight excluding hydrogens is 661 g/mol. The van der Waals surface area contributed by atoms with Crippen LogP contribution in [0.1, 0.15) is 74.9 Å². The van der Waals surface area contributed by atoms with Crippen LogP contribution in [-0.2, 0) is 16.2 Å². The maximum absolute atomic E-state index is 2.51. The standard InChI is InChI=1S/C55H42/c1-53(2)44-13-9-7-11-37(44)42-27-32(19-25-46(42)53)33-18-22-40-48(29-33)55(5,6)49-30-35-16-15-31-17-21-36(39-23-24-41(52(40)49)51(35)50(31)39)34-20-26-47-43(28-34)38-12-8-10-14-45(38)54(47,3)4/h7-30H,1-6H3. The highest BCUT2D eigenvalue weighted by Crippen LogP contribution is 2.56. The molecule has 0 spiro atoms. The first-order valence-electron chi connectivity index (χ1n) is 19.9. The molecule has 3 aliphatic carbocycles. The summed E-state index contributed by atoms with van der Waals surface area (Å²) in [6.07, 6.45) is 0. The molecule has 262 valence electrons. The van der Waals surface area contributed by atoms with E-state index < -0.39 is 0 Å². The van der Waals surface area contributed by atoms with E-state index >= 15 is 0 Å². The van der Waals surface area contributed by atoms with Crippen LogP contribution in [0.2, 0.25) is 0 Å². The summed E-state index contributed by atoms with van der Waals surface area (Å²) >= 11 is 0. The zero-order valence-electron chi connectivity index (χ0n) is 32.4. The van der Waals surface area contributed by atoms with Crippen molar-refractivity contribution >= 4 is 32.3 Å². The van der Waals surface area contributed by atoms with Crippen molar-refractivity contribution in [1.29, 1.82) is 0 Å². The minimum atomic E-state index is -0.129. The lowest BCUT2D eigenvalue weighted by Crippen LogP contribution is -2.15. The molecule has 0 nitrogen and oxygen atoms in total. The van der Waals surface area contributed by atoms with Gasteiger partial charge in [-0.05, 0) is 146 Å². The molecule has 0 unspecified atom stereocenters. The Labute approximate surface area is 323 Å². The molecule has 3 aliphatic rings. The number of rotatable bonds is 2. The smallest absolute Gasteiger partial charge is 0.0159 e. The third-order valence-corrected chi connectivity index (χ3v) is 14.2. The van der Waals surface area contributed by atoms with E-state index in [0.29, 0.717) is 0 Å². The zero-order chi connectivity index (χ0) is 37.2. The van der Waals surface area contributed by atoms with E-state index in [1.807, 2.05) is 0 Å². The average Bonchev–Trinajstić information content (AvgIpc) is 3.68. The Bertz CT molecular complexity index is 3160. The fourth-order valence-electron chi connectivity index (χ4n) is 11.3. The quantitative estimate of drug-likeness (QED) is 0.157. The number of hydrogen-bond donors (Lipinski definition) is 0. The summed E-state index contributed by atoms with van der Waals surface area (Å²) in [5.74, 6) is 0. The molecule has 0 heterocycles. The first kappa shape index (κ1) is 31.4. The molecule has 0 saturated carbocycles. The van der Waals surface area contributed by atoms with Crippen LogP contribution in [0.15, 0.2) is 146 Å². The molecule has 12 rings (SSSR count). The van der Waals surface area contributed by atoms with Gasteiger partial charge in [-0.2, -0.15) is 0 Å². The van der Waals surface area contributed by atoms with Crippen molar-refractivity contribution in [3.8, 4) is 55.6 Å². The fourth-order valence-corrected chi connectivity index (χ4v) is 11.3. The molecule has 0 saturated heterocycles. The van der Waals surface area contributed by atoms with Gasteiger partial charge in [-0.15, -0.1) is 0 Å². The van der Waals surface area contributed by atoms with Crippen LogP contribution in [0.25, 0.3) is 88.0 Å². The SMILES string of the molecule is CC1(C)c2ccccc2-c2cc(-c3ccc4c(c3)C(C)(C)c3cc5ccc6ccc(-c7ccc8c(c7)-c7ccccc7C8(C)C)c7ccc(c3-4)c5c67)ccc21. The Kier molecular flexibility index (Phi) is 5.82. The second-order valence-electron chi connectivity index (χ2n) is 18.1. The van der Waals surface area contributed by atoms with E-state index in [4.69, 9.17) is 0 Å². The van der Waals surface area contributed by atoms with E-state index in [1.54, 1.807) is 0 Å². The highest BCUT2D eigenvalue weighted by atomic mass is 14.4. The first-order chi connectivity index (χ1) is 26.5. The van der Waals surface area contributed by atoms with Crippen LogP contribution < -0.4 is 0 Å². The molecule has 0 aromatic heterocycles. The summed E-state index contributed by atoms with van der Waals surface area (Å²) in [6, 6.07) is 56.2. The second-order valence-corrected chi connectivity index (χ2v) is 18.1. The van der Waals surface area contributed by atoms with Crippen LogP contribution in [0.5, 0.6) is 0 Å². The maximum atomic E-state index is 2.51. The van der Waals surface area contributed by atoms with Crippen molar-refractivity contribution in [1.82, 2.24) is 0 Å². The lowest BCUT2D eigenvalue weighted by Gasteiger charge is -2.23. The summed E-state index contributed by atoms with van der Waals surface area (Å²) < 4.78 is 0. The minimum absolute atomic E-state index is 0.00284. The van der Waals surface area contributed by atoms with Crippen molar-refractivity contribution < 1.29 is 0 Å². The third-order valence-electron chi connectivity index (χ3n) is 14.2. The Morgan fingerprint density at radius 2 is 0.782 bits per heavy atom. The minimum Gasteiger partial charge on any atom is -0.0619 e. The van der Waals surface area contributed by atoms with E-state index in [9.17, 15) is 0 Å². The summed E-state index contributed by atoms with van der Waals surface area (Å²) in [7, 11) is 0. The predicted octanol–water partition coefficient (Wildman–Crippen LogP) is 14.8. The van der Waals surface area contributed by atoms with Crippen molar-refractivity contribution in [3.63, 3.8) is 0 Å². The lowest BCUT2D eigenvalue weighted by atomic mass is 9.79. The highest BCUT2D eigenvalue weighted by molar-refractivity contribution is 6.28. The molecular formula is C55H42. The van der Waals surface area contributed by atoms with E-state index in [1.165, 1.54) is 121 Å². The van der Waals surface area contributed by atoms with Crippen molar-refractivity contribution in [2.45, 2.75) is 57.8 Å². The van der Waals surface area contributed by atoms with Crippen LogP contribution in [-0.4, -0.2) is 0 Å². The van der Waals surface area contributed by atoms with Gasteiger partial charge in [0, 0.05) is 16.2 Å². The van der Waals surface area contributed by atoms with Gasteiger partial charge in [-0.25, -0.2) is 0 Å². The second kappa shape index (κ2) is 10.2. The van der Waals surface area contributed by atoms with Gasteiger partial charge in [-0.1, -0.05) is 163 Å². The molecule has 9 aromatic rings. The van der Waals surface area contributed by atoms with Gasteiger partial charge in [0.1, 0.15) is 0 Å². The number of fused-ring (bicyclic) bond motifs is 10. The molecule has 55 heavy (non-hydrogen) atoms. The molecule has 0 aliphatic heterocycles. The summed E-state index contributed by atoms with van der Waals surface area (Å²) in [5, 5.41) is 8.09. The van der Waals surface area contributed by atoms with Gasteiger partial charge in [0.15, 0.2) is 0 Å². The normalized spacial score (nSPS) is 16.3. The largest absolute Gasteiger partial charge is 0.0619 e.